The summed E-state index contributed by atoms with van der Waals surface area (Å²) in [6.07, 6.45) is 1.44. The Bertz CT molecular complexity index is 1060. The average molecular weight is 438 g/mol. The molecule has 146 valence electrons. The normalized spacial score (nSPS) is 17.8. The molecule has 28 heavy (non-hydrogen) atoms. The van der Waals surface area contributed by atoms with Crippen LogP contribution in [0.2, 0.25) is 5.02 Å². The second-order valence-electron chi connectivity index (χ2n) is 6.28. The fourth-order valence-corrected chi connectivity index (χ4v) is 4.08. The molecule has 7 nitrogen and oxygen atoms in total. The molecule has 0 bridgehead atoms. The molecule has 0 unspecified atom stereocenters. The molecular formula is C18H16ClN3O4S2. The molecule has 2 aromatic rings. The molecule has 0 aromatic heterocycles. The monoisotopic (exact) mass is 437 g/mol. The van der Waals surface area contributed by atoms with Crippen molar-refractivity contribution >= 4 is 50.8 Å². The van der Waals surface area contributed by atoms with E-state index in [1.54, 1.807) is 26.0 Å². The summed E-state index contributed by atoms with van der Waals surface area (Å²) in [5, 5.41) is 11.4. The zero-order chi connectivity index (χ0) is 20.4. The minimum Gasteiger partial charge on any atom is -0.379 e. The minimum absolute atomic E-state index is 0.000940. The number of halogens is 1. The zero-order valence-corrected chi connectivity index (χ0v) is 17.3. The Labute approximate surface area is 172 Å². The van der Waals surface area contributed by atoms with Gasteiger partial charge in [0.05, 0.1) is 11.0 Å². The predicted molar refractivity (Wildman–Crippen MR) is 111 cm³/mol. The molecule has 0 radical (unpaired) electrons. The highest BCUT2D eigenvalue weighted by molar-refractivity contribution is 8.16. The second-order valence-corrected chi connectivity index (χ2v) is 9.87. The Morgan fingerprint density at radius 1 is 1.18 bits per heavy atom. The van der Waals surface area contributed by atoms with Crippen molar-refractivity contribution in [1.29, 1.82) is 0 Å². The molecule has 1 amide bonds. The van der Waals surface area contributed by atoms with Crippen LogP contribution in [0.15, 0.2) is 63.6 Å². The van der Waals surface area contributed by atoms with Crippen LogP contribution in [-0.4, -0.2) is 30.5 Å². The fourth-order valence-electron chi connectivity index (χ4n) is 2.18. The van der Waals surface area contributed by atoms with Crippen LogP contribution in [0, 0.1) is 0 Å². The first kappa shape index (κ1) is 20.4. The summed E-state index contributed by atoms with van der Waals surface area (Å²) in [5.74, 6) is 0.00508. The Morgan fingerprint density at radius 3 is 2.54 bits per heavy atom. The summed E-state index contributed by atoms with van der Waals surface area (Å²) >= 11 is 7.06. The number of nitrogens with zero attached hydrogens (tertiary/aromatic N) is 2. The molecule has 1 saturated heterocycles. The molecular weight excluding hydrogens is 422 g/mol. The molecule has 0 aliphatic carbocycles. The van der Waals surface area contributed by atoms with Crippen LogP contribution in [0.25, 0.3) is 0 Å². The van der Waals surface area contributed by atoms with Crippen LogP contribution >= 0.6 is 23.4 Å². The van der Waals surface area contributed by atoms with Crippen molar-refractivity contribution < 1.29 is 17.4 Å². The van der Waals surface area contributed by atoms with Crippen molar-refractivity contribution in [2.24, 2.45) is 10.2 Å². The van der Waals surface area contributed by atoms with Gasteiger partial charge in [-0.1, -0.05) is 35.5 Å². The fraction of sp³-hybridized carbons (Fsp3) is 0.167. The van der Waals surface area contributed by atoms with E-state index >= 15 is 0 Å². The number of thioether (sulfide) groups is 1. The number of nitrogens with one attached hydrogen (secondary N) is 1. The molecule has 2 aromatic carbocycles. The van der Waals surface area contributed by atoms with Gasteiger partial charge in [-0.15, -0.1) is 5.10 Å². The Hall–Kier alpha value is -2.36. The van der Waals surface area contributed by atoms with Gasteiger partial charge in [-0.3, -0.25) is 4.79 Å². The highest BCUT2D eigenvalue weighted by Crippen LogP contribution is 2.30. The van der Waals surface area contributed by atoms with Gasteiger partial charge < -0.3 is 9.50 Å². The Morgan fingerprint density at radius 2 is 1.89 bits per heavy atom. The highest BCUT2D eigenvalue weighted by atomic mass is 35.5. The standard InChI is InChI=1S/C18H16ClN3O4S2/c1-18(2)16(23)21-17(27-18)22-20-11-12-4-3-5-14(10-12)26-28(24,25)15-8-6-13(19)7-9-15/h3-11H,1-2H3,(H,21,22,23)/b20-11+. The van der Waals surface area contributed by atoms with Gasteiger partial charge in [0, 0.05) is 5.02 Å². The van der Waals surface area contributed by atoms with E-state index in [4.69, 9.17) is 15.8 Å². The molecule has 3 rings (SSSR count). The average Bonchev–Trinajstić information content (AvgIpc) is 2.87. The SMILES string of the molecule is CC1(C)S/C(=N\N=C\c2cccc(OS(=O)(=O)c3ccc(Cl)cc3)c2)NC1=O. The number of amidine groups is 1. The van der Waals surface area contributed by atoms with Crippen LogP contribution in [-0.2, 0) is 14.9 Å². The summed E-state index contributed by atoms with van der Waals surface area (Å²) in [6.45, 7) is 3.59. The van der Waals surface area contributed by atoms with Crippen molar-refractivity contribution in [2.45, 2.75) is 23.5 Å². The second kappa shape index (κ2) is 7.94. The van der Waals surface area contributed by atoms with Gasteiger partial charge in [-0.05, 0) is 55.8 Å². The van der Waals surface area contributed by atoms with Crippen molar-refractivity contribution in [3.8, 4) is 5.75 Å². The number of benzene rings is 2. The van der Waals surface area contributed by atoms with Gasteiger partial charge in [-0.25, -0.2) is 0 Å². The maximum Gasteiger partial charge on any atom is 0.339 e. The number of hydrogen-bond acceptors (Lipinski definition) is 7. The van der Waals surface area contributed by atoms with Gasteiger partial charge >= 0.3 is 10.1 Å². The number of amides is 1. The molecule has 0 saturated carbocycles. The topological polar surface area (TPSA) is 97.2 Å². The first-order valence-electron chi connectivity index (χ1n) is 8.07. The van der Waals surface area contributed by atoms with Gasteiger partial charge in [0.25, 0.3) is 0 Å². The van der Waals surface area contributed by atoms with Crippen LogP contribution in [0.1, 0.15) is 19.4 Å². The van der Waals surface area contributed by atoms with E-state index < -0.39 is 14.9 Å². The molecule has 1 aliphatic rings. The summed E-state index contributed by atoms with van der Waals surface area (Å²) in [7, 11) is -3.98. The largest absolute Gasteiger partial charge is 0.379 e. The lowest BCUT2D eigenvalue weighted by atomic mass is 10.2. The van der Waals surface area contributed by atoms with E-state index in [1.807, 2.05) is 0 Å². The van der Waals surface area contributed by atoms with E-state index in [0.717, 1.165) is 0 Å². The van der Waals surface area contributed by atoms with E-state index in [2.05, 4.69) is 15.5 Å². The van der Waals surface area contributed by atoms with Gasteiger partial charge in [0.15, 0.2) is 5.17 Å². The maximum atomic E-state index is 12.3. The predicted octanol–water partition coefficient (Wildman–Crippen LogP) is 3.44. The Kier molecular flexibility index (Phi) is 5.78. The first-order valence-corrected chi connectivity index (χ1v) is 10.7. The first-order chi connectivity index (χ1) is 13.2. The van der Waals surface area contributed by atoms with Crippen molar-refractivity contribution in [3.05, 3.63) is 59.1 Å². The molecule has 0 spiro atoms. The highest BCUT2D eigenvalue weighted by Gasteiger charge is 2.38. The van der Waals surface area contributed by atoms with E-state index in [1.165, 1.54) is 54.4 Å². The lowest BCUT2D eigenvalue weighted by Gasteiger charge is -2.08. The molecule has 1 N–H and O–H groups in total. The van der Waals surface area contributed by atoms with Crippen molar-refractivity contribution in [2.75, 3.05) is 0 Å². The molecule has 10 heteroatoms. The third-order valence-corrected chi connectivity index (χ3v) is 6.23. The number of carbonyl (C=O) groups is 1. The number of carbonyl (C=O) groups excluding carboxylic acids is 1. The summed E-state index contributed by atoms with van der Waals surface area (Å²) in [5.41, 5.74) is 0.585. The summed E-state index contributed by atoms with van der Waals surface area (Å²) in [4.78, 5) is 11.7. The van der Waals surface area contributed by atoms with E-state index in [0.29, 0.717) is 15.8 Å². The third-order valence-electron chi connectivity index (χ3n) is 3.64. The van der Waals surface area contributed by atoms with Crippen LogP contribution < -0.4 is 9.50 Å². The minimum atomic E-state index is -3.98. The molecule has 1 fully saturated rings. The van der Waals surface area contributed by atoms with Crippen LogP contribution in [0.3, 0.4) is 0 Å². The van der Waals surface area contributed by atoms with Gasteiger partial charge in [0.1, 0.15) is 10.6 Å². The molecule has 1 heterocycles. The Balaban J connectivity index is 1.72. The van der Waals surface area contributed by atoms with E-state index in [9.17, 15) is 13.2 Å². The third kappa shape index (κ3) is 4.92. The quantitative estimate of drug-likeness (QED) is 0.439. The molecule has 1 aliphatic heterocycles. The molecule has 0 atom stereocenters. The maximum absolute atomic E-state index is 12.3. The summed E-state index contributed by atoms with van der Waals surface area (Å²) in [6, 6.07) is 12.1. The van der Waals surface area contributed by atoms with Crippen LogP contribution in [0.4, 0.5) is 0 Å². The lowest BCUT2D eigenvalue weighted by Crippen LogP contribution is -2.30. The van der Waals surface area contributed by atoms with Crippen molar-refractivity contribution in [3.63, 3.8) is 0 Å². The van der Waals surface area contributed by atoms with E-state index in [-0.39, 0.29) is 16.6 Å². The van der Waals surface area contributed by atoms with Crippen molar-refractivity contribution in [1.82, 2.24) is 5.32 Å². The van der Waals surface area contributed by atoms with Crippen LogP contribution in [0.5, 0.6) is 5.75 Å². The lowest BCUT2D eigenvalue weighted by molar-refractivity contribution is -0.120. The van der Waals surface area contributed by atoms with Gasteiger partial charge in [-0.2, -0.15) is 13.5 Å². The van der Waals surface area contributed by atoms with Gasteiger partial charge in [0.2, 0.25) is 5.91 Å². The summed E-state index contributed by atoms with van der Waals surface area (Å²) < 4.78 is 29.3. The smallest absolute Gasteiger partial charge is 0.339 e. The zero-order valence-electron chi connectivity index (χ0n) is 14.9. The number of rotatable bonds is 5. The number of hydrogen-bond donors (Lipinski definition) is 1.